The summed E-state index contributed by atoms with van der Waals surface area (Å²) in [4.78, 5) is 5.57. The maximum Gasteiger partial charge on any atom is 0.0165 e. The summed E-state index contributed by atoms with van der Waals surface area (Å²) in [6, 6.07) is 1.59. The Morgan fingerprint density at radius 1 is 0.303 bits per heavy atom. The summed E-state index contributed by atoms with van der Waals surface area (Å²) in [7, 11) is 9.27. The fourth-order valence-electron chi connectivity index (χ4n) is 11.7. The Balaban J connectivity index is 1.62. The number of unbranched alkanes of at least 4 members (excludes halogenated alkanes) is 30. The topological polar surface area (TPSA) is 6.48 Å². The molecule has 2 saturated carbocycles. The first-order valence-electron chi connectivity index (χ1n) is 31.2. The van der Waals surface area contributed by atoms with Crippen LogP contribution >= 0.6 is 21.6 Å². The zero-order valence-corrected chi connectivity index (χ0v) is 48.2. The Hall–Kier alpha value is 0.620. The molecule has 0 bridgehead atoms. The van der Waals surface area contributed by atoms with E-state index in [0.717, 1.165) is 35.8 Å². The van der Waals surface area contributed by atoms with Crippen LogP contribution in [0.1, 0.15) is 323 Å². The Bertz CT molecular complexity index is 899. The van der Waals surface area contributed by atoms with Crippen molar-refractivity contribution in [1.82, 2.24) is 9.80 Å². The summed E-state index contributed by atoms with van der Waals surface area (Å²) < 4.78 is 0. The maximum absolute atomic E-state index is 2.78. The van der Waals surface area contributed by atoms with Gasteiger partial charge < -0.3 is 9.80 Å². The highest BCUT2D eigenvalue weighted by atomic mass is 33.1. The SMILES string of the molecule is CCCCCCCCCC(CCCCCCCC1CC1CCCCCCCC)N(C)CCSSCCN(C)C(CCCCCCCCC)CCCCCCCC1CC1CCCCCCCC. The van der Waals surface area contributed by atoms with Gasteiger partial charge in [0.05, 0.1) is 0 Å². The van der Waals surface area contributed by atoms with Crippen LogP contribution in [0.4, 0.5) is 0 Å². The lowest BCUT2D eigenvalue weighted by Gasteiger charge is -2.29. The van der Waals surface area contributed by atoms with E-state index in [2.05, 4.69) is 73.2 Å². The van der Waals surface area contributed by atoms with Crippen molar-refractivity contribution < 1.29 is 0 Å². The van der Waals surface area contributed by atoms with Crippen LogP contribution in [-0.2, 0) is 0 Å². The van der Waals surface area contributed by atoms with E-state index >= 15 is 0 Å². The molecule has 2 nitrogen and oxygen atoms in total. The molecule has 394 valence electrons. The first-order valence-corrected chi connectivity index (χ1v) is 33.7. The summed E-state index contributed by atoms with van der Waals surface area (Å²) >= 11 is 0. The van der Waals surface area contributed by atoms with Crippen LogP contribution in [0.15, 0.2) is 0 Å². The zero-order valence-electron chi connectivity index (χ0n) is 46.5. The molecular weight excluding hydrogens is 837 g/mol. The molecule has 4 heteroatoms. The molecule has 6 unspecified atom stereocenters. The summed E-state index contributed by atoms with van der Waals surface area (Å²) in [5.74, 6) is 6.99. The lowest BCUT2D eigenvalue weighted by atomic mass is 9.98. The normalized spacial score (nSPS) is 19.1. The van der Waals surface area contributed by atoms with Gasteiger partial charge in [0.1, 0.15) is 0 Å². The molecule has 0 aliphatic heterocycles. The third kappa shape index (κ3) is 37.4. The van der Waals surface area contributed by atoms with Crippen molar-refractivity contribution in [1.29, 1.82) is 0 Å². The molecule has 0 heterocycles. The average molecular weight is 962 g/mol. The second-order valence-corrected chi connectivity index (χ2v) is 25.7. The molecule has 2 rings (SSSR count). The van der Waals surface area contributed by atoms with E-state index in [1.54, 1.807) is 25.7 Å². The summed E-state index contributed by atoms with van der Waals surface area (Å²) in [6.45, 7) is 11.9. The highest BCUT2D eigenvalue weighted by Crippen LogP contribution is 2.46. The van der Waals surface area contributed by atoms with E-state index < -0.39 is 0 Å². The van der Waals surface area contributed by atoms with Crippen molar-refractivity contribution in [3.8, 4) is 0 Å². The van der Waals surface area contributed by atoms with Gasteiger partial charge in [-0.15, -0.1) is 0 Å². The zero-order chi connectivity index (χ0) is 47.4. The number of hydrogen-bond donors (Lipinski definition) is 0. The molecule has 0 aromatic heterocycles. The summed E-state index contributed by atoms with van der Waals surface area (Å²) in [5.41, 5.74) is 0. The molecule has 0 spiro atoms. The van der Waals surface area contributed by atoms with Gasteiger partial charge in [0, 0.05) is 36.7 Å². The third-order valence-electron chi connectivity index (χ3n) is 16.9. The summed E-state index contributed by atoms with van der Waals surface area (Å²) in [5, 5.41) is 0. The number of nitrogens with zero attached hydrogens (tertiary/aromatic N) is 2. The molecule has 0 aromatic rings. The predicted molar refractivity (Wildman–Crippen MR) is 307 cm³/mol. The van der Waals surface area contributed by atoms with Gasteiger partial charge in [-0.05, 0) is 76.3 Å². The molecule has 66 heavy (non-hydrogen) atoms. The molecular formula is C62H124N2S2. The van der Waals surface area contributed by atoms with Crippen LogP contribution in [0, 0.1) is 23.7 Å². The van der Waals surface area contributed by atoms with Gasteiger partial charge >= 0.3 is 0 Å². The number of hydrogen-bond acceptors (Lipinski definition) is 4. The minimum atomic E-state index is 0.796. The van der Waals surface area contributed by atoms with Gasteiger partial charge in [-0.3, -0.25) is 0 Å². The van der Waals surface area contributed by atoms with Crippen molar-refractivity contribution in [2.45, 2.75) is 335 Å². The highest BCUT2D eigenvalue weighted by Gasteiger charge is 2.35. The molecule has 2 aliphatic carbocycles. The van der Waals surface area contributed by atoms with Crippen LogP contribution in [0.25, 0.3) is 0 Å². The van der Waals surface area contributed by atoms with E-state index in [1.165, 1.54) is 294 Å². The molecule has 0 radical (unpaired) electrons. The van der Waals surface area contributed by atoms with Crippen LogP contribution in [0.2, 0.25) is 0 Å². The first-order chi connectivity index (χ1) is 32.5. The van der Waals surface area contributed by atoms with Gasteiger partial charge in [-0.25, -0.2) is 0 Å². The second kappa shape index (κ2) is 46.7. The van der Waals surface area contributed by atoms with Crippen LogP contribution in [0.5, 0.6) is 0 Å². The molecule has 2 fully saturated rings. The Morgan fingerprint density at radius 2 is 0.515 bits per heavy atom. The maximum atomic E-state index is 2.78. The molecule has 0 N–H and O–H groups in total. The minimum absolute atomic E-state index is 0.796. The molecule has 2 aliphatic rings. The Kier molecular flexibility index (Phi) is 44.4. The van der Waals surface area contributed by atoms with Crippen molar-refractivity contribution >= 4 is 21.6 Å². The standard InChI is InChI=1S/C62H124N2S2/c1-7-11-15-19-23-31-39-47-61(49-41-33-25-29-37-45-59-55-57(59)43-35-27-21-17-13-9-3)63(5)51-53-65-66-54-52-64(6)62(48-40-32-24-20-16-12-8-2)50-42-34-26-30-38-46-60-56-58(60)44-36-28-22-18-14-10-4/h57-62H,7-56H2,1-6H3. The smallest absolute Gasteiger partial charge is 0.0165 e. The van der Waals surface area contributed by atoms with Gasteiger partial charge in [-0.1, -0.05) is 306 Å². The predicted octanol–water partition coefficient (Wildman–Crippen LogP) is 21.5. The molecule has 0 saturated heterocycles. The van der Waals surface area contributed by atoms with Crippen molar-refractivity contribution in [3.05, 3.63) is 0 Å². The largest absolute Gasteiger partial charge is 0.303 e. The van der Waals surface area contributed by atoms with Crippen molar-refractivity contribution in [3.63, 3.8) is 0 Å². The van der Waals surface area contributed by atoms with E-state index in [9.17, 15) is 0 Å². The third-order valence-corrected chi connectivity index (χ3v) is 19.3. The summed E-state index contributed by atoms with van der Waals surface area (Å²) in [6.07, 6.45) is 67.4. The van der Waals surface area contributed by atoms with Gasteiger partial charge in [-0.2, -0.15) is 0 Å². The van der Waals surface area contributed by atoms with E-state index in [0.29, 0.717) is 0 Å². The quantitative estimate of drug-likeness (QED) is 0.0442. The Labute approximate surface area is 426 Å². The van der Waals surface area contributed by atoms with Crippen LogP contribution < -0.4 is 0 Å². The lowest BCUT2D eigenvalue weighted by molar-refractivity contribution is 0.220. The fraction of sp³-hybridized carbons (Fsp3) is 1.00. The van der Waals surface area contributed by atoms with Gasteiger partial charge in [0.15, 0.2) is 0 Å². The molecule has 6 atom stereocenters. The average Bonchev–Trinajstić information content (AvgIpc) is 4.26. The van der Waals surface area contributed by atoms with Crippen LogP contribution in [0.3, 0.4) is 0 Å². The monoisotopic (exact) mass is 961 g/mol. The number of rotatable bonds is 55. The second-order valence-electron chi connectivity index (χ2n) is 23.0. The van der Waals surface area contributed by atoms with Crippen molar-refractivity contribution in [2.75, 3.05) is 38.7 Å². The fourth-order valence-corrected chi connectivity index (χ4v) is 13.8. The highest BCUT2D eigenvalue weighted by molar-refractivity contribution is 8.76. The van der Waals surface area contributed by atoms with E-state index in [1.807, 2.05) is 0 Å². The van der Waals surface area contributed by atoms with Gasteiger partial charge in [0.2, 0.25) is 0 Å². The van der Waals surface area contributed by atoms with Gasteiger partial charge in [0.25, 0.3) is 0 Å². The molecule has 0 amide bonds. The first kappa shape index (κ1) is 62.7. The Morgan fingerprint density at radius 3 is 0.758 bits per heavy atom. The van der Waals surface area contributed by atoms with Crippen molar-refractivity contribution in [2.24, 2.45) is 23.7 Å². The van der Waals surface area contributed by atoms with E-state index in [-0.39, 0.29) is 0 Å². The van der Waals surface area contributed by atoms with E-state index in [4.69, 9.17) is 0 Å². The minimum Gasteiger partial charge on any atom is -0.303 e. The van der Waals surface area contributed by atoms with Crippen LogP contribution in [-0.4, -0.2) is 60.6 Å². The lowest BCUT2D eigenvalue weighted by Crippen LogP contribution is -2.34. The molecule has 0 aromatic carbocycles.